The Labute approximate surface area is 140 Å². The van der Waals surface area contributed by atoms with Crippen LogP contribution in [0.4, 0.5) is 0 Å². The summed E-state index contributed by atoms with van der Waals surface area (Å²) in [5, 5.41) is 0. The second kappa shape index (κ2) is 6.21. The highest BCUT2D eigenvalue weighted by atomic mass is 16.5. The predicted molar refractivity (Wildman–Crippen MR) is 92.1 cm³/mol. The molecule has 2 heterocycles. The molecule has 0 aromatic heterocycles. The Kier molecular flexibility index (Phi) is 4.58. The minimum absolute atomic E-state index is 0.120. The van der Waals surface area contributed by atoms with Crippen LogP contribution >= 0.6 is 0 Å². The topological polar surface area (TPSA) is 32.8 Å². The fourth-order valence-electron chi connectivity index (χ4n) is 4.53. The molecule has 23 heavy (non-hydrogen) atoms. The highest BCUT2D eigenvalue weighted by Gasteiger charge is 2.61. The normalized spacial score (nSPS) is 36.8. The molecule has 0 aromatic carbocycles. The maximum atomic E-state index is 13.0. The van der Waals surface area contributed by atoms with E-state index in [1.165, 1.54) is 5.57 Å². The monoisotopic (exact) mass is 320 g/mol. The minimum atomic E-state index is 0.120. The molecular formula is C19H32N2O2. The Morgan fingerprint density at radius 2 is 1.83 bits per heavy atom. The fourth-order valence-corrected chi connectivity index (χ4v) is 4.53. The van der Waals surface area contributed by atoms with Crippen LogP contribution in [0.3, 0.4) is 0 Å². The van der Waals surface area contributed by atoms with Crippen molar-refractivity contribution < 1.29 is 9.53 Å². The molecule has 3 rings (SSSR count). The SMILES string of the molecule is CC(C)=C[C@@H]1[C@H](C(=O)N2C[C@@H](C)[C@H](N3CCOCC3)C2)C1(C)C. The van der Waals surface area contributed by atoms with E-state index in [4.69, 9.17) is 4.74 Å². The molecule has 0 spiro atoms. The van der Waals surface area contributed by atoms with Crippen molar-refractivity contribution in [2.45, 2.75) is 40.7 Å². The zero-order valence-electron chi connectivity index (χ0n) is 15.3. The Morgan fingerprint density at radius 3 is 2.43 bits per heavy atom. The lowest BCUT2D eigenvalue weighted by Gasteiger charge is -2.34. The fraction of sp³-hybridized carbons (Fsp3) is 0.842. The van der Waals surface area contributed by atoms with E-state index in [1.807, 2.05) is 0 Å². The van der Waals surface area contributed by atoms with Gasteiger partial charge >= 0.3 is 0 Å². The molecule has 2 aliphatic heterocycles. The van der Waals surface area contributed by atoms with Gasteiger partial charge in [-0.3, -0.25) is 9.69 Å². The van der Waals surface area contributed by atoms with Gasteiger partial charge in [0.25, 0.3) is 0 Å². The van der Waals surface area contributed by atoms with Gasteiger partial charge < -0.3 is 9.64 Å². The van der Waals surface area contributed by atoms with Gasteiger partial charge in [0.2, 0.25) is 5.91 Å². The second-order valence-corrected chi connectivity index (χ2v) is 8.51. The van der Waals surface area contributed by atoms with Crippen molar-refractivity contribution in [3.8, 4) is 0 Å². The summed E-state index contributed by atoms with van der Waals surface area (Å²) in [6.45, 7) is 16.5. The summed E-state index contributed by atoms with van der Waals surface area (Å²) in [5.41, 5.74) is 1.44. The zero-order valence-corrected chi connectivity index (χ0v) is 15.3. The van der Waals surface area contributed by atoms with Crippen LogP contribution in [0.5, 0.6) is 0 Å². The van der Waals surface area contributed by atoms with E-state index in [2.05, 4.69) is 50.5 Å². The van der Waals surface area contributed by atoms with Gasteiger partial charge in [-0.2, -0.15) is 0 Å². The molecule has 4 nitrogen and oxygen atoms in total. The lowest BCUT2D eigenvalue weighted by Crippen LogP contribution is -2.47. The molecular weight excluding hydrogens is 288 g/mol. The number of morpholine rings is 1. The van der Waals surface area contributed by atoms with Crippen molar-refractivity contribution >= 4 is 5.91 Å². The Hall–Kier alpha value is -0.870. The molecule has 1 saturated carbocycles. The van der Waals surface area contributed by atoms with Crippen LogP contribution in [-0.4, -0.2) is 61.1 Å². The summed E-state index contributed by atoms with van der Waals surface area (Å²) in [7, 11) is 0. The molecule has 3 aliphatic rings. The number of ether oxygens (including phenoxy) is 1. The Balaban J connectivity index is 1.64. The molecule has 0 aromatic rings. The minimum Gasteiger partial charge on any atom is -0.379 e. The molecule has 0 unspecified atom stereocenters. The number of allylic oxidation sites excluding steroid dienone is 2. The smallest absolute Gasteiger partial charge is 0.226 e. The number of carbonyl (C=O) groups is 1. The van der Waals surface area contributed by atoms with Gasteiger partial charge in [-0.05, 0) is 31.1 Å². The van der Waals surface area contributed by atoms with Crippen molar-refractivity contribution in [1.29, 1.82) is 0 Å². The average Bonchev–Trinajstić information content (AvgIpc) is 2.83. The van der Waals surface area contributed by atoms with Crippen LogP contribution in [0.15, 0.2) is 11.6 Å². The average molecular weight is 320 g/mol. The van der Waals surface area contributed by atoms with Crippen molar-refractivity contribution in [3.05, 3.63) is 11.6 Å². The first-order chi connectivity index (χ1) is 10.8. The number of hydrogen-bond acceptors (Lipinski definition) is 3. The molecule has 0 radical (unpaired) electrons. The number of hydrogen-bond donors (Lipinski definition) is 0. The van der Waals surface area contributed by atoms with Crippen LogP contribution in [0.2, 0.25) is 0 Å². The van der Waals surface area contributed by atoms with Gasteiger partial charge in [0.15, 0.2) is 0 Å². The van der Waals surface area contributed by atoms with Gasteiger partial charge in [-0.15, -0.1) is 0 Å². The predicted octanol–water partition coefficient (Wildman–Crippen LogP) is 2.40. The van der Waals surface area contributed by atoms with Gasteiger partial charge in [-0.25, -0.2) is 0 Å². The summed E-state index contributed by atoms with van der Waals surface area (Å²) in [5.74, 6) is 1.52. The lowest BCUT2D eigenvalue weighted by atomic mass is 10.0. The van der Waals surface area contributed by atoms with Gasteiger partial charge in [0.1, 0.15) is 0 Å². The quantitative estimate of drug-likeness (QED) is 0.749. The molecule has 1 amide bonds. The van der Waals surface area contributed by atoms with Crippen LogP contribution in [0, 0.1) is 23.2 Å². The molecule has 2 saturated heterocycles. The van der Waals surface area contributed by atoms with Gasteiger partial charge in [-0.1, -0.05) is 32.4 Å². The van der Waals surface area contributed by atoms with E-state index < -0.39 is 0 Å². The van der Waals surface area contributed by atoms with Crippen LogP contribution in [0.1, 0.15) is 34.6 Å². The highest BCUT2D eigenvalue weighted by molar-refractivity contribution is 5.84. The molecule has 4 heteroatoms. The lowest BCUT2D eigenvalue weighted by molar-refractivity contribution is -0.132. The zero-order chi connectivity index (χ0) is 16.8. The highest BCUT2D eigenvalue weighted by Crippen LogP contribution is 2.60. The molecule has 0 N–H and O–H groups in total. The first kappa shape index (κ1) is 17.0. The molecule has 130 valence electrons. The first-order valence-corrected chi connectivity index (χ1v) is 9.08. The van der Waals surface area contributed by atoms with Crippen molar-refractivity contribution in [1.82, 2.24) is 9.80 Å². The molecule has 0 bridgehead atoms. The summed E-state index contributed by atoms with van der Waals surface area (Å²) in [6, 6.07) is 0.506. The van der Waals surface area contributed by atoms with Crippen LogP contribution in [0.25, 0.3) is 0 Å². The van der Waals surface area contributed by atoms with E-state index in [0.29, 0.717) is 23.8 Å². The number of amides is 1. The number of nitrogens with zero attached hydrogens (tertiary/aromatic N) is 2. The summed E-state index contributed by atoms with van der Waals surface area (Å²) >= 11 is 0. The largest absolute Gasteiger partial charge is 0.379 e. The van der Waals surface area contributed by atoms with Crippen molar-refractivity contribution in [2.24, 2.45) is 23.2 Å². The van der Waals surface area contributed by atoms with E-state index in [-0.39, 0.29) is 11.3 Å². The first-order valence-electron chi connectivity index (χ1n) is 9.08. The third kappa shape index (κ3) is 3.20. The van der Waals surface area contributed by atoms with E-state index in [0.717, 1.165) is 39.4 Å². The second-order valence-electron chi connectivity index (χ2n) is 8.51. The molecule has 3 fully saturated rings. The summed E-state index contributed by atoms with van der Waals surface area (Å²) in [6.07, 6.45) is 2.29. The maximum absolute atomic E-state index is 13.0. The van der Waals surface area contributed by atoms with Gasteiger partial charge in [0.05, 0.1) is 19.1 Å². The van der Waals surface area contributed by atoms with Crippen LogP contribution < -0.4 is 0 Å². The number of rotatable bonds is 3. The standard InChI is InChI=1S/C19H32N2O2/c1-13(2)10-15-17(19(15,4)5)18(22)21-11-14(3)16(12-21)20-6-8-23-9-7-20/h10,14-17H,6-9,11-12H2,1-5H3/t14-,15-,16-,17-/m1/s1. The number of likely N-dealkylation sites (tertiary alicyclic amines) is 1. The van der Waals surface area contributed by atoms with Crippen molar-refractivity contribution in [3.63, 3.8) is 0 Å². The number of carbonyl (C=O) groups excluding carboxylic acids is 1. The Bertz CT molecular complexity index is 490. The van der Waals surface area contributed by atoms with E-state index in [9.17, 15) is 4.79 Å². The van der Waals surface area contributed by atoms with Crippen molar-refractivity contribution in [2.75, 3.05) is 39.4 Å². The summed E-state index contributed by atoms with van der Waals surface area (Å²) < 4.78 is 5.47. The van der Waals surface area contributed by atoms with Gasteiger partial charge in [0, 0.05) is 32.2 Å². The summed E-state index contributed by atoms with van der Waals surface area (Å²) in [4.78, 5) is 17.7. The Morgan fingerprint density at radius 1 is 1.17 bits per heavy atom. The molecule has 4 atom stereocenters. The third-order valence-electron chi connectivity index (χ3n) is 6.09. The van der Waals surface area contributed by atoms with E-state index >= 15 is 0 Å². The van der Waals surface area contributed by atoms with Crippen LogP contribution in [-0.2, 0) is 9.53 Å². The third-order valence-corrected chi connectivity index (χ3v) is 6.09. The maximum Gasteiger partial charge on any atom is 0.226 e. The van der Waals surface area contributed by atoms with E-state index in [1.54, 1.807) is 0 Å². The molecule has 1 aliphatic carbocycles.